The fourth-order valence-electron chi connectivity index (χ4n) is 3.81. The van der Waals surface area contributed by atoms with E-state index in [0.717, 1.165) is 33.7 Å². The van der Waals surface area contributed by atoms with Gasteiger partial charge in [0, 0.05) is 22.7 Å². The van der Waals surface area contributed by atoms with Crippen LogP contribution in [0, 0.1) is 12.7 Å². The van der Waals surface area contributed by atoms with Crippen molar-refractivity contribution in [1.82, 2.24) is 15.0 Å². The van der Waals surface area contributed by atoms with Gasteiger partial charge in [-0.2, -0.15) is 0 Å². The van der Waals surface area contributed by atoms with E-state index < -0.39 is 0 Å². The summed E-state index contributed by atoms with van der Waals surface area (Å²) in [4.78, 5) is 15.1. The average Bonchev–Trinajstić information content (AvgIpc) is 3.28. The fourth-order valence-corrected chi connectivity index (χ4v) is 5.00. The lowest BCUT2D eigenvalue weighted by Crippen LogP contribution is -2.13. The number of carbonyl (C=O) groups excluding carboxylic acids is 1. The quantitative estimate of drug-likeness (QED) is 0.488. The number of hydrogen-bond acceptors (Lipinski definition) is 5. The van der Waals surface area contributed by atoms with E-state index in [9.17, 15) is 9.18 Å². The molecule has 0 atom stereocenters. The number of thiophene rings is 1. The Balaban J connectivity index is 1.53. The normalized spacial score (nSPS) is 12.6. The Bertz CT molecular complexity index is 1250. The first kappa shape index (κ1) is 18.7. The molecule has 30 heavy (non-hydrogen) atoms. The van der Waals surface area contributed by atoms with Gasteiger partial charge in [0.05, 0.1) is 17.1 Å². The zero-order valence-corrected chi connectivity index (χ0v) is 17.2. The van der Waals surface area contributed by atoms with E-state index >= 15 is 0 Å². The van der Waals surface area contributed by atoms with Crippen molar-refractivity contribution in [3.63, 3.8) is 0 Å². The summed E-state index contributed by atoms with van der Waals surface area (Å²) in [5, 5.41) is 11.6. The molecule has 2 aromatic carbocycles. The number of aryl methyl sites for hydroxylation is 1. The van der Waals surface area contributed by atoms with Crippen molar-refractivity contribution in [1.29, 1.82) is 0 Å². The van der Waals surface area contributed by atoms with Crippen molar-refractivity contribution < 1.29 is 9.18 Å². The summed E-state index contributed by atoms with van der Waals surface area (Å²) in [6.45, 7) is 2.99. The molecule has 0 saturated carbocycles. The smallest absolute Gasteiger partial charge is 0.222 e. The standard InChI is InChI=1S/C23H19FN4OS/c1-14-21(28(27-26-14)13-15-5-3-2-4-6-15)22(29)20-11-16-9-10-25-19-12-17(24)7-8-18(19)23(16)30-20/h2-8,11-12,25H,9-10,13H2,1H3. The van der Waals surface area contributed by atoms with Crippen LogP contribution in [0.4, 0.5) is 10.1 Å². The van der Waals surface area contributed by atoms with E-state index in [2.05, 4.69) is 15.6 Å². The number of anilines is 1. The van der Waals surface area contributed by atoms with Crippen LogP contribution in [0.5, 0.6) is 0 Å². The third-order valence-corrected chi connectivity index (χ3v) is 6.47. The molecular weight excluding hydrogens is 399 g/mol. The number of nitrogens with zero attached hydrogens (tertiary/aromatic N) is 3. The first-order chi connectivity index (χ1) is 14.6. The van der Waals surface area contributed by atoms with Crippen molar-refractivity contribution in [3.8, 4) is 10.4 Å². The van der Waals surface area contributed by atoms with Crippen molar-refractivity contribution in [2.75, 3.05) is 11.9 Å². The highest BCUT2D eigenvalue weighted by Crippen LogP contribution is 2.40. The molecule has 0 amide bonds. The Morgan fingerprint density at radius 1 is 1.20 bits per heavy atom. The average molecular weight is 418 g/mol. The van der Waals surface area contributed by atoms with Crippen molar-refractivity contribution in [2.45, 2.75) is 19.9 Å². The van der Waals surface area contributed by atoms with E-state index in [4.69, 9.17) is 0 Å². The molecule has 0 fully saturated rings. The molecule has 5 rings (SSSR count). The van der Waals surface area contributed by atoms with Gasteiger partial charge in [0.1, 0.15) is 11.5 Å². The van der Waals surface area contributed by atoms with Crippen LogP contribution in [0.2, 0.25) is 0 Å². The van der Waals surface area contributed by atoms with Gasteiger partial charge in [0.2, 0.25) is 5.78 Å². The Morgan fingerprint density at radius 3 is 2.87 bits per heavy atom. The van der Waals surface area contributed by atoms with Crippen molar-refractivity contribution in [3.05, 3.63) is 87.8 Å². The number of aromatic nitrogens is 3. The molecule has 5 nitrogen and oxygen atoms in total. The van der Waals surface area contributed by atoms with E-state index in [-0.39, 0.29) is 11.6 Å². The molecule has 1 aliphatic rings. The van der Waals surface area contributed by atoms with Gasteiger partial charge < -0.3 is 5.32 Å². The molecule has 1 N–H and O–H groups in total. The van der Waals surface area contributed by atoms with Gasteiger partial charge in [-0.1, -0.05) is 35.5 Å². The minimum atomic E-state index is -0.274. The Labute approximate surface area is 177 Å². The van der Waals surface area contributed by atoms with Crippen LogP contribution in [-0.4, -0.2) is 27.3 Å². The van der Waals surface area contributed by atoms with Crippen molar-refractivity contribution >= 4 is 22.8 Å². The number of nitrogens with one attached hydrogen (secondary N) is 1. The van der Waals surface area contributed by atoms with E-state index in [1.807, 2.05) is 43.3 Å². The molecule has 0 spiro atoms. The zero-order chi connectivity index (χ0) is 20.7. The monoisotopic (exact) mass is 418 g/mol. The molecule has 150 valence electrons. The zero-order valence-electron chi connectivity index (χ0n) is 16.4. The number of halogens is 1. The lowest BCUT2D eigenvalue weighted by molar-refractivity contribution is 0.103. The number of carbonyl (C=O) groups is 1. The van der Waals surface area contributed by atoms with Crippen LogP contribution in [0.1, 0.15) is 32.2 Å². The highest BCUT2D eigenvalue weighted by Gasteiger charge is 2.25. The van der Waals surface area contributed by atoms with E-state index in [0.29, 0.717) is 29.4 Å². The summed E-state index contributed by atoms with van der Waals surface area (Å²) in [6.07, 6.45) is 0.774. The van der Waals surface area contributed by atoms with Crippen molar-refractivity contribution in [2.24, 2.45) is 0 Å². The minimum Gasteiger partial charge on any atom is -0.384 e. The molecule has 0 radical (unpaired) electrons. The highest BCUT2D eigenvalue weighted by molar-refractivity contribution is 7.17. The molecule has 0 bridgehead atoms. The third kappa shape index (κ3) is 3.31. The number of rotatable bonds is 4. The molecule has 0 saturated heterocycles. The molecular formula is C23H19FN4OS. The summed E-state index contributed by atoms with van der Waals surface area (Å²) < 4.78 is 15.4. The fraction of sp³-hybridized carbons (Fsp3) is 0.174. The Hall–Kier alpha value is -3.32. The molecule has 1 aliphatic heterocycles. The highest BCUT2D eigenvalue weighted by atomic mass is 32.1. The second-order valence-corrected chi connectivity index (χ2v) is 8.38. The van der Waals surface area contributed by atoms with Gasteiger partial charge in [-0.3, -0.25) is 4.79 Å². The maximum Gasteiger partial charge on any atom is 0.222 e. The van der Waals surface area contributed by atoms with Gasteiger partial charge in [0.25, 0.3) is 0 Å². The molecule has 4 aromatic rings. The van der Waals surface area contributed by atoms with Crippen LogP contribution >= 0.6 is 11.3 Å². The summed E-state index contributed by atoms with van der Waals surface area (Å²) >= 11 is 1.45. The summed E-state index contributed by atoms with van der Waals surface area (Å²) in [5.41, 5.74) is 4.97. The lowest BCUT2D eigenvalue weighted by Gasteiger charge is -2.08. The number of hydrogen-bond donors (Lipinski definition) is 1. The molecule has 0 aliphatic carbocycles. The summed E-state index contributed by atoms with van der Waals surface area (Å²) in [5.74, 6) is -0.354. The van der Waals surface area contributed by atoms with E-state index in [1.165, 1.54) is 23.5 Å². The molecule has 0 unspecified atom stereocenters. The minimum absolute atomic E-state index is 0.0804. The predicted octanol–water partition coefficient (Wildman–Crippen LogP) is 4.70. The number of ketones is 1. The van der Waals surface area contributed by atoms with Gasteiger partial charge in [-0.15, -0.1) is 16.4 Å². The van der Waals surface area contributed by atoms with Gasteiger partial charge >= 0.3 is 0 Å². The SMILES string of the molecule is Cc1nnn(Cc2ccccc2)c1C(=O)c1cc2c(s1)-c1ccc(F)cc1NCC2. The van der Waals surface area contributed by atoms with Crippen LogP contribution in [0.15, 0.2) is 54.6 Å². The van der Waals surface area contributed by atoms with Crippen LogP contribution in [0.3, 0.4) is 0 Å². The first-order valence-corrected chi connectivity index (χ1v) is 10.6. The maximum absolute atomic E-state index is 13.7. The predicted molar refractivity (Wildman–Crippen MR) is 116 cm³/mol. The molecule has 3 heterocycles. The van der Waals surface area contributed by atoms with Gasteiger partial charge in [-0.25, -0.2) is 9.07 Å². The molecule has 7 heteroatoms. The molecule has 2 aromatic heterocycles. The number of benzene rings is 2. The summed E-state index contributed by atoms with van der Waals surface area (Å²) in [7, 11) is 0. The Morgan fingerprint density at radius 2 is 2.03 bits per heavy atom. The van der Waals surface area contributed by atoms with Crippen LogP contribution < -0.4 is 5.32 Å². The Kier molecular flexibility index (Phi) is 4.67. The van der Waals surface area contributed by atoms with Gasteiger partial charge in [0.15, 0.2) is 0 Å². The second-order valence-electron chi connectivity index (χ2n) is 7.33. The van der Waals surface area contributed by atoms with E-state index in [1.54, 1.807) is 10.7 Å². The lowest BCUT2D eigenvalue weighted by atomic mass is 10.1. The topological polar surface area (TPSA) is 59.8 Å². The summed E-state index contributed by atoms with van der Waals surface area (Å²) in [6, 6.07) is 16.6. The van der Waals surface area contributed by atoms with Crippen LogP contribution in [-0.2, 0) is 13.0 Å². The second kappa shape index (κ2) is 7.50. The largest absolute Gasteiger partial charge is 0.384 e. The number of fused-ring (bicyclic) bond motifs is 3. The third-order valence-electron chi connectivity index (χ3n) is 5.26. The van der Waals surface area contributed by atoms with Crippen LogP contribution in [0.25, 0.3) is 10.4 Å². The first-order valence-electron chi connectivity index (χ1n) is 9.75. The maximum atomic E-state index is 13.7. The van der Waals surface area contributed by atoms with Gasteiger partial charge in [-0.05, 0) is 48.7 Å².